The van der Waals surface area contributed by atoms with E-state index in [1.54, 1.807) is 0 Å². The highest BCUT2D eigenvalue weighted by Gasteiger charge is 2.22. The largest absolute Gasteiger partial charge is 0.396 e. The molecule has 0 aliphatic carbocycles. The number of nitrogen functional groups attached to an aromatic ring is 1. The number of hydrogen-bond acceptors (Lipinski definition) is 2. The molecule has 0 aliphatic rings. The summed E-state index contributed by atoms with van der Waals surface area (Å²) in [7, 11) is 1.53. The molecule has 100 valence electrons. The summed E-state index contributed by atoms with van der Waals surface area (Å²) < 4.78 is 27.1. The van der Waals surface area contributed by atoms with Crippen LogP contribution in [0.25, 0.3) is 0 Å². The lowest BCUT2D eigenvalue weighted by Crippen LogP contribution is -2.29. The second kappa shape index (κ2) is 6.33. The SMILES string of the molecule is CCCCCN(C)C(=O)c1c(F)ccc(N)c1F. The summed E-state index contributed by atoms with van der Waals surface area (Å²) in [5.41, 5.74) is 4.54. The van der Waals surface area contributed by atoms with Crippen molar-refractivity contribution in [2.45, 2.75) is 26.2 Å². The third-order valence-corrected chi connectivity index (χ3v) is 2.78. The Morgan fingerprint density at radius 1 is 1.33 bits per heavy atom. The van der Waals surface area contributed by atoms with Crippen LogP contribution in [0.15, 0.2) is 12.1 Å². The summed E-state index contributed by atoms with van der Waals surface area (Å²) in [4.78, 5) is 13.2. The lowest BCUT2D eigenvalue weighted by atomic mass is 10.1. The number of amides is 1. The van der Waals surface area contributed by atoms with Crippen molar-refractivity contribution < 1.29 is 13.6 Å². The smallest absolute Gasteiger partial charge is 0.259 e. The van der Waals surface area contributed by atoms with Gasteiger partial charge in [0.25, 0.3) is 5.91 Å². The molecule has 0 saturated heterocycles. The molecule has 0 radical (unpaired) electrons. The number of carbonyl (C=O) groups excluding carboxylic acids is 1. The molecule has 18 heavy (non-hydrogen) atoms. The first-order chi connectivity index (χ1) is 8.49. The summed E-state index contributed by atoms with van der Waals surface area (Å²) in [6.45, 7) is 2.51. The molecule has 1 aromatic carbocycles. The molecule has 2 N–H and O–H groups in total. The molecule has 1 aromatic rings. The number of anilines is 1. The van der Waals surface area contributed by atoms with Gasteiger partial charge in [0.1, 0.15) is 11.4 Å². The summed E-state index contributed by atoms with van der Waals surface area (Å²) in [6, 6.07) is 2.12. The van der Waals surface area contributed by atoms with Crippen molar-refractivity contribution in [1.29, 1.82) is 0 Å². The monoisotopic (exact) mass is 256 g/mol. The van der Waals surface area contributed by atoms with Gasteiger partial charge < -0.3 is 10.6 Å². The van der Waals surface area contributed by atoms with Crippen molar-refractivity contribution in [1.82, 2.24) is 4.90 Å². The minimum Gasteiger partial charge on any atom is -0.396 e. The van der Waals surface area contributed by atoms with Crippen LogP contribution in [0.2, 0.25) is 0 Å². The maximum absolute atomic E-state index is 13.6. The third kappa shape index (κ3) is 3.18. The zero-order chi connectivity index (χ0) is 13.7. The lowest BCUT2D eigenvalue weighted by Gasteiger charge is -2.18. The molecule has 1 amide bonds. The Morgan fingerprint density at radius 3 is 2.61 bits per heavy atom. The van der Waals surface area contributed by atoms with Crippen molar-refractivity contribution in [3.8, 4) is 0 Å². The van der Waals surface area contributed by atoms with Gasteiger partial charge in [-0.3, -0.25) is 4.79 Å². The fraction of sp³-hybridized carbons (Fsp3) is 0.462. The lowest BCUT2D eigenvalue weighted by molar-refractivity contribution is 0.0783. The van der Waals surface area contributed by atoms with Crippen molar-refractivity contribution >= 4 is 11.6 Å². The topological polar surface area (TPSA) is 46.3 Å². The molecule has 0 unspecified atom stereocenters. The van der Waals surface area contributed by atoms with Crippen LogP contribution in [0.4, 0.5) is 14.5 Å². The first-order valence-electron chi connectivity index (χ1n) is 5.98. The van der Waals surface area contributed by atoms with Crippen LogP contribution in [-0.4, -0.2) is 24.4 Å². The number of rotatable bonds is 5. The van der Waals surface area contributed by atoms with Crippen LogP contribution in [0, 0.1) is 11.6 Å². The van der Waals surface area contributed by atoms with Gasteiger partial charge in [-0.25, -0.2) is 8.78 Å². The average Bonchev–Trinajstić information content (AvgIpc) is 2.34. The molecule has 0 heterocycles. The van der Waals surface area contributed by atoms with Crippen molar-refractivity contribution in [3.05, 3.63) is 29.3 Å². The van der Waals surface area contributed by atoms with E-state index in [2.05, 4.69) is 0 Å². The molecule has 0 saturated carbocycles. The zero-order valence-corrected chi connectivity index (χ0v) is 10.7. The van der Waals surface area contributed by atoms with Gasteiger partial charge in [0.05, 0.1) is 5.69 Å². The van der Waals surface area contributed by atoms with E-state index in [9.17, 15) is 13.6 Å². The Labute approximate surface area is 106 Å². The van der Waals surface area contributed by atoms with Gasteiger partial charge in [-0.15, -0.1) is 0 Å². The molecule has 1 rings (SSSR count). The quantitative estimate of drug-likeness (QED) is 0.650. The van der Waals surface area contributed by atoms with Crippen molar-refractivity contribution in [2.75, 3.05) is 19.3 Å². The summed E-state index contributed by atoms with van der Waals surface area (Å²) in [5.74, 6) is -2.54. The van der Waals surface area contributed by atoms with E-state index in [4.69, 9.17) is 5.73 Å². The van der Waals surface area contributed by atoms with Crippen molar-refractivity contribution in [3.63, 3.8) is 0 Å². The number of halogens is 2. The van der Waals surface area contributed by atoms with Crippen LogP contribution in [-0.2, 0) is 0 Å². The van der Waals surface area contributed by atoms with E-state index < -0.39 is 23.1 Å². The second-order valence-electron chi connectivity index (χ2n) is 4.26. The minimum absolute atomic E-state index is 0.221. The number of nitrogens with zero attached hydrogens (tertiary/aromatic N) is 1. The summed E-state index contributed by atoms with van der Waals surface area (Å²) >= 11 is 0. The molecule has 0 aromatic heterocycles. The predicted molar refractivity (Wildman–Crippen MR) is 67.3 cm³/mol. The number of hydrogen-bond donors (Lipinski definition) is 1. The third-order valence-electron chi connectivity index (χ3n) is 2.78. The van der Waals surface area contributed by atoms with Crippen LogP contribution in [0.1, 0.15) is 36.5 Å². The first kappa shape index (κ1) is 14.4. The van der Waals surface area contributed by atoms with Gasteiger partial charge in [0.2, 0.25) is 0 Å². The standard InChI is InChI=1S/C13H18F2N2O/c1-3-4-5-8-17(2)13(18)11-9(14)6-7-10(16)12(11)15/h6-7H,3-5,8,16H2,1-2H3. The second-order valence-corrected chi connectivity index (χ2v) is 4.26. The first-order valence-corrected chi connectivity index (χ1v) is 5.98. The Morgan fingerprint density at radius 2 is 2.00 bits per heavy atom. The van der Waals surface area contributed by atoms with E-state index in [-0.39, 0.29) is 5.69 Å². The Balaban J connectivity index is 2.86. The molecule has 0 atom stereocenters. The maximum Gasteiger partial charge on any atom is 0.259 e. The van der Waals surface area contributed by atoms with Crippen LogP contribution >= 0.6 is 0 Å². The van der Waals surface area contributed by atoms with Gasteiger partial charge in [0, 0.05) is 13.6 Å². The molecular weight excluding hydrogens is 238 g/mol. The maximum atomic E-state index is 13.6. The van der Waals surface area contributed by atoms with Gasteiger partial charge >= 0.3 is 0 Å². The zero-order valence-electron chi connectivity index (χ0n) is 10.7. The van der Waals surface area contributed by atoms with Crippen molar-refractivity contribution in [2.24, 2.45) is 0 Å². The van der Waals surface area contributed by atoms with Crippen LogP contribution in [0.5, 0.6) is 0 Å². The van der Waals surface area contributed by atoms with E-state index >= 15 is 0 Å². The Hall–Kier alpha value is -1.65. The Bertz CT molecular complexity index is 435. The number of nitrogens with two attached hydrogens (primary N) is 1. The highest BCUT2D eigenvalue weighted by Crippen LogP contribution is 2.20. The number of carbonyl (C=O) groups is 1. The summed E-state index contributed by atoms with van der Waals surface area (Å²) in [5, 5.41) is 0. The highest BCUT2D eigenvalue weighted by atomic mass is 19.1. The van der Waals surface area contributed by atoms with E-state index in [0.29, 0.717) is 6.54 Å². The van der Waals surface area contributed by atoms with Crippen LogP contribution in [0.3, 0.4) is 0 Å². The molecule has 3 nitrogen and oxygen atoms in total. The minimum atomic E-state index is -0.984. The van der Waals surface area contributed by atoms with Crippen LogP contribution < -0.4 is 5.73 Å². The number of unbranched alkanes of at least 4 members (excludes halogenated alkanes) is 2. The van der Waals surface area contributed by atoms with E-state index in [0.717, 1.165) is 31.4 Å². The van der Waals surface area contributed by atoms with Gasteiger partial charge in [-0.05, 0) is 18.6 Å². The Kier molecular flexibility index (Phi) is 5.07. The van der Waals surface area contributed by atoms with E-state index in [1.807, 2.05) is 6.92 Å². The molecule has 5 heteroatoms. The molecular formula is C13H18F2N2O. The molecule has 0 fully saturated rings. The average molecular weight is 256 g/mol. The fourth-order valence-electron chi connectivity index (χ4n) is 1.66. The molecule has 0 spiro atoms. The molecule has 0 aliphatic heterocycles. The highest BCUT2D eigenvalue weighted by molar-refractivity contribution is 5.95. The molecule has 0 bridgehead atoms. The normalized spacial score (nSPS) is 10.4. The van der Waals surface area contributed by atoms with Gasteiger partial charge in [0.15, 0.2) is 5.82 Å². The summed E-state index contributed by atoms with van der Waals surface area (Å²) in [6.07, 6.45) is 2.80. The van der Waals surface area contributed by atoms with Gasteiger partial charge in [-0.1, -0.05) is 19.8 Å². The van der Waals surface area contributed by atoms with E-state index in [1.165, 1.54) is 11.9 Å². The number of benzene rings is 1. The van der Waals surface area contributed by atoms with Gasteiger partial charge in [-0.2, -0.15) is 0 Å². The fourth-order valence-corrected chi connectivity index (χ4v) is 1.66. The predicted octanol–water partition coefficient (Wildman–Crippen LogP) is 2.81.